The van der Waals surface area contributed by atoms with Crippen LogP contribution in [0, 0.1) is 0 Å². The maximum Gasteiger partial charge on any atom is 0.246 e. The highest BCUT2D eigenvalue weighted by atomic mass is 16.6. The molecule has 6 heteroatoms. The number of ether oxygens (including phenoxy) is 2. The number of imide groups is 1. The second-order valence-corrected chi connectivity index (χ2v) is 4.16. The van der Waals surface area contributed by atoms with E-state index in [9.17, 15) is 9.59 Å². The molecule has 2 aliphatic rings. The first-order chi connectivity index (χ1) is 8.72. The van der Waals surface area contributed by atoms with Gasteiger partial charge in [-0.05, 0) is 12.1 Å². The fourth-order valence-electron chi connectivity index (χ4n) is 2.05. The number of hydrogen-bond donors (Lipinski definition) is 1. The Morgan fingerprint density at radius 3 is 2.39 bits per heavy atom. The highest BCUT2D eigenvalue weighted by molar-refractivity contribution is 6.02. The summed E-state index contributed by atoms with van der Waals surface area (Å²) >= 11 is 0. The minimum absolute atomic E-state index is 0.172. The minimum Gasteiger partial charge on any atom is -0.486 e. The topological polar surface area (TPSA) is 67.9 Å². The van der Waals surface area contributed by atoms with Gasteiger partial charge in [-0.15, -0.1) is 0 Å². The number of hydrogen-bond acceptors (Lipinski definition) is 5. The lowest BCUT2D eigenvalue weighted by molar-refractivity contribution is -0.130. The van der Waals surface area contributed by atoms with Gasteiger partial charge in [0.25, 0.3) is 0 Å². The third-order valence-electron chi connectivity index (χ3n) is 2.84. The Hall–Kier alpha value is -2.24. The molecule has 2 aliphatic heterocycles. The van der Waals surface area contributed by atoms with Crippen molar-refractivity contribution in [3.05, 3.63) is 18.2 Å². The molecular weight excluding hydrogens is 236 g/mol. The van der Waals surface area contributed by atoms with Gasteiger partial charge in [-0.3, -0.25) is 14.9 Å². The Labute approximate surface area is 103 Å². The van der Waals surface area contributed by atoms with Gasteiger partial charge < -0.3 is 14.4 Å². The number of amides is 2. The predicted octanol–water partition coefficient (Wildman–Crippen LogP) is -0.0794. The summed E-state index contributed by atoms with van der Waals surface area (Å²) in [6.07, 6.45) is 0. The van der Waals surface area contributed by atoms with E-state index >= 15 is 0 Å². The monoisotopic (exact) mass is 248 g/mol. The molecular formula is C12H12N2O4. The zero-order chi connectivity index (χ0) is 12.5. The highest BCUT2D eigenvalue weighted by Crippen LogP contribution is 2.34. The first-order valence-corrected chi connectivity index (χ1v) is 5.70. The van der Waals surface area contributed by atoms with E-state index < -0.39 is 0 Å². The van der Waals surface area contributed by atoms with Gasteiger partial charge in [-0.1, -0.05) is 0 Å². The van der Waals surface area contributed by atoms with Gasteiger partial charge in [-0.25, -0.2) is 0 Å². The summed E-state index contributed by atoms with van der Waals surface area (Å²) in [4.78, 5) is 24.3. The summed E-state index contributed by atoms with van der Waals surface area (Å²) in [5.74, 6) is 0.761. The first kappa shape index (κ1) is 10.9. The Morgan fingerprint density at radius 1 is 1.00 bits per heavy atom. The van der Waals surface area contributed by atoms with E-state index in [0.29, 0.717) is 24.7 Å². The lowest BCUT2D eigenvalue weighted by Gasteiger charge is -2.28. The van der Waals surface area contributed by atoms with Gasteiger partial charge >= 0.3 is 0 Å². The molecule has 1 fully saturated rings. The molecule has 1 aromatic rings. The highest BCUT2D eigenvalue weighted by Gasteiger charge is 2.23. The van der Waals surface area contributed by atoms with Crippen molar-refractivity contribution in [1.82, 2.24) is 5.32 Å². The van der Waals surface area contributed by atoms with Crippen LogP contribution in [0.3, 0.4) is 0 Å². The Balaban J connectivity index is 1.87. The average molecular weight is 248 g/mol. The third-order valence-corrected chi connectivity index (χ3v) is 2.84. The fourth-order valence-corrected chi connectivity index (χ4v) is 2.05. The smallest absolute Gasteiger partial charge is 0.246 e. The van der Waals surface area contributed by atoms with Gasteiger partial charge in [-0.2, -0.15) is 0 Å². The van der Waals surface area contributed by atoms with Crippen molar-refractivity contribution < 1.29 is 19.1 Å². The number of carbonyl (C=O) groups excluding carboxylic acids is 2. The number of nitrogens with zero attached hydrogens (tertiary/aromatic N) is 1. The quantitative estimate of drug-likeness (QED) is 0.704. The number of piperazine rings is 1. The summed E-state index contributed by atoms with van der Waals surface area (Å²) < 4.78 is 10.9. The van der Waals surface area contributed by atoms with Crippen LogP contribution in [0.2, 0.25) is 0 Å². The van der Waals surface area contributed by atoms with Crippen LogP contribution in [0.1, 0.15) is 0 Å². The van der Waals surface area contributed by atoms with E-state index in [1.54, 1.807) is 17.0 Å². The molecule has 0 bridgehead atoms. The number of rotatable bonds is 1. The Morgan fingerprint density at radius 2 is 1.67 bits per heavy atom. The molecule has 2 heterocycles. The van der Waals surface area contributed by atoms with Crippen molar-refractivity contribution in [3.63, 3.8) is 0 Å². The van der Waals surface area contributed by atoms with E-state index in [0.717, 1.165) is 5.69 Å². The van der Waals surface area contributed by atoms with Gasteiger partial charge in [0, 0.05) is 11.8 Å². The van der Waals surface area contributed by atoms with Crippen molar-refractivity contribution >= 4 is 17.5 Å². The molecule has 1 N–H and O–H groups in total. The lowest BCUT2D eigenvalue weighted by Crippen LogP contribution is -2.51. The molecule has 0 unspecified atom stereocenters. The predicted molar refractivity (Wildman–Crippen MR) is 62.8 cm³/mol. The lowest BCUT2D eigenvalue weighted by atomic mass is 10.2. The molecule has 18 heavy (non-hydrogen) atoms. The van der Waals surface area contributed by atoms with Gasteiger partial charge in [0.2, 0.25) is 11.8 Å². The molecule has 0 aromatic heterocycles. The van der Waals surface area contributed by atoms with Crippen LogP contribution < -0.4 is 19.7 Å². The molecule has 0 radical (unpaired) electrons. The number of benzene rings is 1. The molecule has 6 nitrogen and oxygen atoms in total. The molecule has 0 spiro atoms. The van der Waals surface area contributed by atoms with Crippen LogP contribution in [0.15, 0.2) is 18.2 Å². The molecule has 94 valence electrons. The number of anilines is 1. The summed E-state index contributed by atoms with van der Waals surface area (Å²) in [6, 6.07) is 5.40. The summed E-state index contributed by atoms with van der Waals surface area (Å²) in [5.41, 5.74) is 0.780. The first-order valence-electron chi connectivity index (χ1n) is 5.70. The van der Waals surface area contributed by atoms with Crippen LogP contribution in [0.5, 0.6) is 11.5 Å². The second kappa shape index (κ2) is 4.21. The van der Waals surface area contributed by atoms with Crippen LogP contribution in [-0.2, 0) is 9.59 Å². The van der Waals surface area contributed by atoms with Gasteiger partial charge in [0.1, 0.15) is 13.2 Å². The van der Waals surface area contributed by atoms with Crippen molar-refractivity contribution in [3.8, 4) is 11.5 Å². The Kier molecular flexibility index (Phi) is 2.55. The number of carbonyl (C=O) groups is 2. The normalized spacial score (nSPS) is 18.6. The zero-order valence-electron chi connectivity index (χ0n) is 9.64. The summed E-state index contributed by atoms with van der Waals surface area (Å²) in [5, 5.41) is 2.27. The van der Waals surface area contributed by atoms with E-state index in [2.05, 4.69) is 5.32 Å². The van der Waals surface area contributed by atoms with Gasteiger partial charge in [0.05, 0.1) is 13.1 Å². The largest absolute Gasteiger partial charge is 0.486 e. The molecule has 1 saturated heterocycles. The molecule has 3 rings (SSSR count). The van der Waals surface area contributed by atoms with E-state index in [1.165, 1.54) is 0 Å². The van der Waals surface area contributed by atoms with Crippen molar-refractivity contribution in [2.24, 2.45) is 0 Å². The van der Waals surface area contributed by atoms with Crippen molar-refractivity contribution in [1.29, 1.82) is 0 Å². The maximum atomic E-state index is 11.3. The zero-order valence-corrected chi connectivity index (χ0v) is 9.64. The van der Waals surface area contributed by atoms with Crippen LogP contribution in [0.25, 0.3) is 0 Å². The summed E-state index contributed by atoms with van der Waals surface area (Å²) in [7, 11) is 0. The average Bonchev–Trinajstić information content (AvgIpc) is 2.37. The maximum absolute atomic E-state index is 11.3. The Bertz CT molecular complexity index is 499. The van der Waals surface area contributed by atoms with E-state index in [4.69, 9.17) is 9.47 Å². The summed E-state index contributed by atoms with van der Waals surface area (Å²) in [6.45, 7) is 1.39. The fraction of sp³-hybridized carbons (Fsp3) is 0.333. The number of fused-ring (bicyclic) bond motifs is 1. The molecule has 0 saturated carbocycles. The van der Waals surface area contributed by atoms with Crippen LogP contribution >= 0.6 is 0 Å². The van der Waals surface area contributed by atoms with Crippen LogP contribution in [-0.4, -0.2) is 38.1 Å². The van der Waals surface area contributed by atoms with Crippen molar-refractivity contribution in [2.45, 2.75) is 0 Å². The van der Waals surface area contributed by atoms with Crippen LogP contribution in [0.4, 0.5) is 5.69 Å². The van der Waals surface area contributed by atoms with Gasteiger partial charge in [0.15, 0.2) is 11.5 Å². The van der Waals surface area contributed by atoms with E-state index in [1.807, 2.05) is 6.07 Å². The number of nitrogens with one attached hydrogen (secondary N) is 1. The standard InChI is InChI=1S/C12H12N2O4/c15-11-6-14(7-12(16)13-11)8-1-2-9-10(5-8)18-4-3-17-9/h1-2,5H,3-4,6-7H2,(H,13,15,16). The molecule has 2 amide bonds. The second-order valence-electron chi connectivity index (χ2n) is 4.16. The third kappa shape index (κ3) is 1.97. The van der Waals surface area contributed by atoms with E-state index in [-0.39, 0.29) is 24.9 Å². The molecule has 0 atom stereocenters. The SMILES string of the molecule is O=C1CN(c2ccc3c(c2)OCCO3)CC(=O)N1. The minimum atomic E-state index is -0.291. The molecule has 1 aromatic carbocycles. The van der Waals surface area contributed by atoms with Crippen molar-refractivity contribution in [2.75, 3.05) is 31.2 Å². The molecule has 0 aliphatic carbocycles.